The molecule has 7 heteroatoms. The lowest BCUT2D eigenvalue weighted by Crippen LogP contribution is -2.45. The number of pyridine rings is 1. The highest BCUT2D eigenvalue weighted by Crippen LogP contribution is 2.15. The third kappa shape index (κ3) is 6.42. The first-order valence-electron chi connectivity index (χ1n) is 9.30. The summed E-state index contributed by atoms with van der Waals surface area (Å²) in [6, 6.07) is 9.92. The highest BCUT2D eigenvalue weighted by Gasteiger charge is 2.16. The highest BCUT2D eigenvalue weighted by atomic mass is 19.1. The third-order valence-electron chi connectivity index (χ3n) is 4.51. The van der Waals surface area contributed by atoms with Gasteiger partial charge in [0.2, 0.25) is 0 Å². The predicted molar refractivity (Wildman–Crippen MR) is 107 cm³/mol. The van der Waals surface area contributed by atoms with E-state index < -0.39 is 5.82 Å². The molecule has 1 aromatic carbocycles. The number of urea groups is 1. The van der Waals surface area contributed by atoms with Gasteiger partial charge in [0.15, 0.2) is 5.78 Å². The van der Waals surface area contributed by atoms with Gasteiger partial charge in [-0.15, -0.1) is 0 Å². The zero-order valence-electron chi connectivity index (χ0n) is 16.5. The van der Waals surface area contributed by atoms with Crippen LogP contribution in [0.2, 0.25) is 0 Å². The van der Waals surface area contributed by atoms with Gasteiger partial charge in [0.1, 0.15) is 5.82 Å². The first-order valence-corrected chi connectivity index (χ1v) is 9.30. The van der Waals surface area contributed by atoms with Crippen molar-refractivity contribution in [2.45, 2.75) is 32.4 Å². The Balaban J connectivity index is 1.90. The summed E-state index contributed by atoms with van der Waals surface area (Å²) in [7, 11) is 3.81. The summed E-state index contributed by atoms with van der Waals surface area (Å²) in [5.41, 5.74) is 1.68. The number of hydrogen-bond acceptors (Lipinski definition) is 4. The van der Waals surface area contributed by atoms with Crippen molar-refractivity contribution in [3.05, 3.63) is 65.2 Å². The standard InChI is InChI=1S/C21H27FN4O2/c1-4-20(27)18-9-8-15(12-19(18)22)11-17(26(2)3)14-25-21(28)24-13-16-7-5-6-10-23-16/h5-10,12,17H,4,11,13-14H2,1-3H3,(H2,24,25,28)/t17-/m0/s1. The summed E-state index contributed by atoms with van der Waals surface area (Å²) in [5.74, 6) is -0.706. The van der Waals surface area contributed by atoms with Crippen molar-refractivity contribution in [3.8, 4) is 0 Å². The first kappa shape index (κ1) is 21.5. The normalized spacial score (nSPS) is 11.9. The Hall–Kier alpha value is -2.80. The molecule has 0 saturated heterocycles. The number of likely N-dealkylation sites (N-methyl/N-ethyl adjacent to an activating group) is 1. The van der Waals surface area contributed by atoms with Gasteiger partial charge in [0.25, 0.3) is 0 Å². The lowest BCUT2D eigenvalue weighted by molar-refractivity contribution is 0.0984. The van der Waals surface area contributed by atoms with Crippen LogP contribution in [0.3, 0.4) is 0 Å². The Bertz CT molecular complexity index is 796. The molecule has 1 aromatic heterocycles. The molecule has 0 unspecified atom stereocenters. The number of aromatic nitrogens is 1. The highest BCUT2D eigenvalue weighted by molar-refractivity contribution is 5.96. The second-order valence-corrected chi connectivity index (χ2v) is 6.80. The van der Waals surface area contributed by atoms with E-state index in [1.165, 1.54) is 12.1 Å². The second kappa shape index (κ2) is 10.5. The van der Waals surface area contributed by atoms with Crippen molar-refractivity contribution in [2.24, 2.45) is 0 Å². The van der Waals surface area contributed by atoms with Crippen molar-refractivity contribution < 1.29 is 14.0 Å². The maximum absolute atomic E-state index is 14.2. The van der Waals surface area contributed by atoms with E-state index in [1.54, 1.807) is 19.2 Å². The number of carbonyl (C=O) groups excluding carboxylic acids is 2. The van der Waals surface area contributed by atoms with Crippen LogP contribution in [0.5, 0.6) is 0 Å². The molecule has 2 N–H and O–H groups in total. The van der Waals surface area contributed by atoms with E-state index in [4.69, 9.17) is 0 Å². The molecule has 0 fully saturated rings. The van der Waals surface area contributed by atoms with E-state index in [1.807, 2.05) is 37.2 Å². The Morgan fingerprint density at radius 3 is 2.57 bits per heavy atom. The van der Waals surface area contributed by atoms with Crippen molar-refractivity contribution in [1.29, 1.82) is 0 Å². The smallest absolute Gasteiger partial charge is 0.315 e. The number of amides is 2. The topological polar surface area (TPSA) is 74.3 Å². The van der Waals surface area contributed by atoms with Crippen molar-refractivity contribution in [2.75, 3.05) is 20.6 Å². The predicted octanol–water partition coefficient (Wildman–Crippen LogP) is 2.79. The number of hydrogen-bond donors (Lipinski definition) is 2. The first-order chi connectivity index (χ1) is 13.4. The van der Waals surface area contributed by atoms with E-state index in [0.29, 0.717) is 19.5 Å². The van der Waals surface area contributed by atoms with Gasteiger partial charge in [-0.3, -0.25) is 9.78 Å². The Labute approximate surface area is 165 Å². The zero-order chi connectivity index (χ0) is 20.5. The van der Waals surface area contributed by atoms with Crippen LogP contribution >= 0.6 is 0 Å². The molecule has 0 aliphatic heterocycles. The minimum atomic E-state index is -0.497. The summed E-state index contributed by atoms with van der Waals surface area (Å²) < 4.78 is 14.2. The van der Waals surface area contributed by atoms with Crippen molar-refractivity contribution >= 4 is 11.8 Å². The Morgan fingerprint density at radius 1 is 1.18 bits per heavy atom. The number of nitrogens with zero attached hydrogens (tertiary/aromatic N) is 2. The largest absolute Gasteiger partial charge is 0.337 e. The monoisotopic (exact) mass is 386 g/mol. The fraction of sp³-hybridized carbons (Fsp3) is 0.381. The Morgan fingerprint density at radius 2 is 1.96 bits per heavy atom. The number of Topliss-reactive ketones (excluding diaryl/α,β-unsaturated/α-hetero) is 1. The van der Waals surface area contributed by atoms with Gasteiger partial charge in [-0.2, -0.15) is 0 Å². The lowest BCUT2D eigenvalue weighted by atomic mass is 10.0. The average molecular weight is 386 g/mol. The van der Waals surface area contributed by atoms with E-state index in [9.17, 15) is 14.0 Å². The number of benzene rings is 1. The molecule has 6 nitrogen and oxygen atoms in total. The van der Waals surface area contributed by atoms with E-state index >= 15 is 0 Å². The fourth-order valence-electron chi connectivity index (χ4n) is 2.76. The van der Waals surface area contributed by atoms with Crippen LogP contribution in [0, 0.1) is 5.82 Å². The Kier molecular flexibility index (Phi) is 8.07. The van der Waals surface area contributed by atoms with Crippen LogP contribution in [0.4, 0.5) is 9.18 Å². The zero-order valence-corrected chi connectivity index (χ0v) is 16.5. The number of nitrogens with one attached hydrogen (secondary N) is 2. The van der Waals surface area contributed by atoms with Crippen LogP contribution in [0.1, 0.15) is 35.0 Å². The molecule has 150 valence electrons. The quantitative estimate of drug-likeness (QED) is 0.650. The molecule has 2 amide bonds. The molecule has 0 radical (unpaired) electrons. The number of halogens is 1. The summed E-state index contributed by atoms with van der Waals surface area (Å²) in [6.07, 6.45) is 2.49. The van der Waals surface area contributed by atoms with Gasteiger partial charge in [-0.1, -0.05) is 19.1 Å². The van der Waals surface area contributed by atoms with Crippen LogP contribution < -0.4 is 10.6 Å². The molecule has 1 atom stereocenters. The van der Waals surface area contributed by atoms with Crippen LogP contribution in [-0.2, 0) is 13.0 Å². The lowest BCUT2D eigenvalue weighted by Gasteiger charge is -2.25. The van der Waals surface area contributed by atoms with Gasteiger partial charge in [-0.25, -0.2) is 9.18 Å². The van der Waals surface area contributed by atoms with Crippen molar-refractivity contribution in [1.82, 2.24) is 20.5 Å². The molecule has 1 heterocycles. The minimum absolute atomic E-state index is 0.0206. The molecule has 2 aromatic rings. The van der Waals surface area contributed by atoms with Gasteiger partial charge >= 0.3 is 6.03 Å². The van der Waals surface area contributed by atoms with Crippen LogP contribution in [0.15, 0.2) is 42.6 Å². The van der Waals surface area contributed by atoms with Crippen molar-refractivity contribution in [3.63, 3.8) is 0 Å². The molecule has 0 saturated carbocycles. The number of ketones is 1. The van der Waals surface area contributed by atoms with Crippen LogP contribution in [-0.4, -0.2) is 48.4 Å². The van der Waals surface area contributed by atoms with E-state index in [-0.39, 0.29) is 29.8 Å². The molecule has 0 spiro atoms. The minimum Gasteiger partial charge on any atom is -0.337 e. The SMILES string of the molecule is CCC(=O)c1ccc(C[C@@H](CNC(=O)NCc2ccccn2)N(C)C)cc1F. The fourth-order valence-corrected chi connectivity index (χ4v) is 2.76. The molecular formula is C21H27FN4O2. The molecule has 0 aliphatic rings. The molecule has 0 bridgehead atoms. The van der Waals surface area contributed by atoms with E-state index in [0.717, 1.165) is 11.3 Å². The summed E-state index contributed by atoms with van der Waals surface area (Å²) in [5, 5.41) is 5.60. The molecule has 2 rings (SSSR count). The summed E-state index contributed by atoms with van der Waals surface area (Å²) in [6.45, 7) is 2.46. The summed E-state index contributed by atoms with van der Waals surface area (Å²) >= 11 is 0. The van der Waals surface area contributed by atoms with Gasteiger partial charge in [-0.05, 0) is 50.3 Å². The number of carbonyl (C=O) groups is 2. The van der Waals surface area contributed by atoms with Gasteiger partial charge in [0.05, 0.1) is 17.8 Å². The number of rotatable bonds is 9. The van der Waals surface area contributed by atoms with E-state index in [2.05, 4.69) is 15.6 Å². The third-order valence-corrected chi connectivity index (χ3v) is 4.51. The molecule has 0 aliphatic carbocycles. The summed E-state index contributed by atoms with van der Waals surface area (Å²) in [4.78, 5) is 29.9. The van der Waals surface area contributed by atoms with Crippen LogP contribution in [0.25, 0.3) is 0 Å². The molecule has 28 heavy (non-hydrogen) atoms. The maximum atomic E-state index is 14.2. The average Bonchev–Trinajstić information content (AvgIpc) is 2.69. The van der Waals surface area contributed by atoms with Gasteiger partial charge < -0.3 is 15.5 Å². The molecular weight excluding hydrogens is 359 g/mol. The second-order valence-electron chi connectivity index (χ2n) is 6.80. The van der Waals surface area contributed by atoms with Gasteiger partial charge in [0, 0.05) is 25.2 Å². The maximum Gasteiger partial charge on any atom is 0.315 e.